The first kappa shape index (κ1) is 17.0. The molecule has 2 aromatic heterocycles. The number of hydrogen-bond donors (Lipinski definition) is 8. The molecule has 2 aromatic rings. The van der Waals surface area contributed by atoms with Gasteiger partial charge in [0.1, 0.15) is 17.1 Å². The second-order valence-corrected chi connectivity index (χ2v) is 6.68. The van der Waals surface area contributed by atoms with Gasteiger partial charge in [0.25, 0.3) is 5.56 Å². The first-order valence-electron chi connectivity index (χ1n) is 6.86. The number of nitrogens with two attached hydrogens (primary N) is 1. The lowest BCUT2D eigenvalue weighted by Gasteiger charge is -2.15. The van der Waals surface area contributed by atoms with E-state index in [-0.39, 0.29) is 17.0 Å². The van der Waals surface area contributed by atoms with Crippen LogP contribution in [-0.2, 0) is 9.09 Å². The van der Waals surface area contributed by atoms with Gasteiger partial charge in [0.15, 0.2) is 0 Å². The highest BCUT2D eigenvalue weighted by Gasteiger charge is 2.43. The van der Waals surface area contributed by atoms with Crippen LogP contribution in [0.5, 0.6) is 0 Å². The normalized spacial score (nSPS) is 27.8. The fourth-order valence-corrected chi connectivity index (χ4v) is 3.10. The Bertz CT molecular complexity index is 860. The molecule has 0 aromatic carbocycles. The van der Waals surface area contributed by atoms with Gasteiger partial charge in [-0.25, -0.2) is 9.55 Å². The van der Waals surface area contributed by atoms with E-state index in [0.29, 0.717) is 5.56 Å². The van der Waals surface area contributed by atoms with Crippen LogP contribution in [-0.4, -0.2) is 59.8 Å². The third-order valence-electron chi connectivity index (χ3n) is 3.84. The van der Waals surface area contributed by atoms with E-state index in [1.54, 1.807) is 0 Å². The Morgan fingerprint density at radius 2 is 2.04 bits per heavy atom. The highest BCUT2D eigenvalue weighted by atomic mass is 31.2. The number of nitrogens with one attached hydrogen (secondary N) is 3. The number of nitrogen functional groups attached to an aromatic ring is 1. The van der Waals surface area contributed by atoms with Gasteiger partial charge in [0, 0.05) is 11.8 Å². The number of phosphoric acid groups is 1. The molecule has 0 spiro atoms. The summed E-state index contributed by atoms with van der Waals surface area (Å²) < 4.78 is 15.1. The van der Waals surface area contributed by atoms with Crippen LogP contribution in [0.2, 0.25) is 0 Å². The van der Waals surface area contributed by atoms with Crippen LogP contribution in [0.4, 0.5) is 5.95 Å². The van der Waals surface area contributed by atoms with E-state index in [0.717, 1.165) is 0 Å². The molecule has 4 atom stereocenters. The van der Waals surface area contributed by atoms with Crippen molar-refractivity contribution in [3.8, 4) is 0 Å². The molecule has 0 saturated carbocycles. The predicted molar refractivity (Wildman–Crippen MR) is 80.8 cm³/mol. The number of nitrogens with zero attached hydrogens (tertiary/aromatic N) is 1. The summed E-state index contributed by atoms with van der Waals surface area (Å²) >= 11 is 0. The number of hydrogen-bond acceptors (Lipinski definition) is 8. The van der Waals surface area contributed by atoms with Gasteiger partial charge in [-0.2, -0.15) is 0 Å². The van der Waals surface area contributed by atoms with Crippen molar-refractivity contribution in [1.82, 2.24) is 20.3 Å². The van der Waals surface area contributed by atoms with Crippen LogP contribution in [0.3, 0.4) is 0 Å². The second-order valence-electron chi connectivity index (χ2n) is 5.44. The van der Waals surface area contributed by atoms with E-state index in [4.69, 9.17) is 15.5 Å². The lowest BCUT2D eigenvalue weighted by molar-refractivity contribution is 0.0192. The maximum Gasteiger partial charge on any atom is 0.469 e. The highest BCUT2D eigenvalue weighted by Crippen LogP contribution is 2.38. The predicted octanol–water partition coefficient (Wildman–Crippen LogP) is -2.32. The first-order valence-corrected chi connectivity index (χ1v) is 8.39. The van der Waals surface area contributed by atoms with Crippen molar-refractivity contribution in [1.29, 1.82) is 0 Å². The van der Waals surface area contributed by atoms with E-state index in [1.807, 2.05) is 0 Å². The van der Waals surface area contributed by atoms with E-state index in [2.05, 4.69) is 24.8 Å². The average molecular weight is 361 g/mol. The summed E-state index contributed by atoms with van der Waals surface area (Å²) in [5.41, 5.74) is 5.78. The third kappa shape index (κ3) is 3.08. The maximum atomic E-state index is 11.8. The van der Waals surface area contributed by atoms with Gasteiger partial charge in [0.05, 0.1) is 24.8 Å². The van der Waals surface area contributed by atoms with Crippen molar-refractivity contribution in [2.45, 2.75) is 24.3 Å². The van der Waals surface area contributed by atoms with Crippen LogP contribution >= 0.6 is 7.82 Å². The lowest BCUT2D eigenvalue weighted by atomic mass is 10.0. The monoisotopic (exact) mass is 361 g/mol. The van der Waals surface area contributed by atoms with Crippen LogP contribution in [0.25, 0.3) is 11.0 Å². The number of H-pyrrole nitrogens is 2. The quantitative estimate of drug-likeness (QED) is 0.273. The number of anilines is 1. The number of phosphoric ester groups is 1. The van der Waals surface area contributed by atoms with Crippen LogP contribution in [0.15, 0.2) is 11.0 Å². The van der Waals surface area contributed by atoms with Crippen molar-refractivity contribution < 1.29 is 29.1 Å². The Hall–Kier alpha value is -1.79. The average Bonchev–Trinajstić information content (AvgIpc) is 3.00. The number of aromatic nitrogens is 3. The molecule has 0 amide bonds. The summed E-state index contributed by atoms with van der Waals surface area (Å²) in [6.07, 6.45) is -1.21. The molecule has 0 bridgehead atoms. The Labute approximate surface area is 133 Å². The van der Waals surface area contributed by atoms with Crippen LogP contribution in [0, 0.1) is 0 Å². The number of aliphatic hydroxyl groups is 2. The summed E-state index contributed by atoms with van der Waals surface area (Å²) in [4.78, 5) is 38.3. The minimum Gasteiger partial charge on any atom is -0.389 e. The minimum absolute atomic E-state index is 0.109. The Balaban J connectivity index is 1.90. The maximum absolute atomic E-state index is 11.8. The smallest absolute Gasteiger partial charge is 0.389 e. The summed E-state index contributed by atoms with van der Waals surface area (Å²) in [6, 6.07) is -1.77. The summed E-state index contributed by atoms with van der Waals surface area (Å²) in [5.74, 6) is -0.109. The van der Waals surface area contributed by atoms with Gasteiger partial charge in [0.2, 0.25) is 5.95 Å². The third-order valence-corrected chi connectivity index (χ3v) is 4.32. The molecule has 1 saturated heterocycles. The SMILES string of the molecule is Nc1nc2c(C3NC(COP(=O)(O)O)C(O)C3O)c[nH]c2c(=O)[nH]1. The molecule has 13 heteroatoms. The molecule has 0 aliphatic carbocycles. The van der Waals surface area contributed by atoms with Gasteiger partial charge >= 0.3 is 7.82 Å². The van der Waals surface area contributed by atoms with Crippen LogP contribution < -0.4 is 16.6 Å². The topological polar surface area (TPSA) is 207 Å². The molecule has 4 unspecified atom stereocenters. The summed E-state index contributed by atoms with van der Waals surface area (Å²) in [5, 5.41) is 23.1. The molecule has 12 nitrogen and oxygen atoms in total. The fourth-order valence-electron chi connectivity index (χ4n) is 2.75. The highest BCUT2D eigenvalue weighted by molar-refractivity contribution is 7.46. The van der Waals surface area contributed by atoms with E-state index < -0.39 is 44.3 Å². The Morgan fingerprint density at radius 1 is 1.33 bits per heavy atom. The molecule has 1 fully saturated rings. The summed E-state index contributed by atoms with van der Waals surface area (Å²) in [6.45, 7) is -0.516. The van der Waals surface area contributed by atoms with Crippen molar-refractivity contribution in [2.75, 3.05) is 12.3 Å². The molecule has 1 aliphatic heterocycles. The second kappa shape index (κ2) is 5.93. The zero-order valence-corrected chi connectivity index (χ0v) is 13.0. The fraction of sp³-hybridized carbons (Fsp3) is 0.455. The molecule has 24 heavy (non-hydrogen) atoms. The zero-order valence-electron chi connectivity index (χ0n) is 12.1. The van der Waals surface area contributed by atoms with Gasteiger partial charge in [-0.15, -0.1) is 0 Å². The van der Waals surface area contributed by atoms with Gasteiger partial charge in [-0.05, 0) is 0 Å². The van der Waals surface area contributed by atoms with Crippen molar-refractivity contribution in [2.24, 2.45) is 0 Å². The van der Waals surface area contributed by atoms with Crippen molar-refractivity contribution in [3.05, 3.63) is 22.1 Å². The number of aliphatic hydroxyl groups excluding tert-OH is 2. The molecular weight excluding hydrogens is 345 g/mol. The molecular formula is C11H16N5O7P. The zero-order chi connectivity index (χ0) is 17.6. The van der Waals surface area contributed by atoms with Crippen LogP contribution in [0.1, 0.15) is 11.6 Å². The molecule has 3 heterocycles. The molecule has 9 N–H and O–H groups in total. The van der Waals surface area contributed by atoms with E-state index in [1.165, 1.54) is 6.20 Å². The van der Waals surface area contributed by atoms with Crippen molar-refractivity contribution >= 4 is 24.8 Å². The minimum atomic E-state index is -4.71. The molecule has 3 rings (SSSR count). The molecule has 0 radical (unpaired) electrons. The summed E-state index contributed by atoms with van der Waals surface area (Å²) in [7, 11) is -4.71. The lowest BCUT2D eigenvalue weighted by Crippen LogP contribution is -2.36. The van der Waals surface area contributed by atoms with E-state index >= 15 is 0 Å². The standard InChI is InChI=1S/C11H16N5O7P/c12-11-15-5-3(1-13-7(5)10(19)16-11)6-9(18)8(17)4(14-6)2-23-24(20,21)22/h1,4,6,8-9,13-14,17-18H,2H2,(H2,20,21,22)(H3,12,15,16,19). The van der Waals surface area contributed by atoms with Gasteiger partial charge < -0.3 is 36.0 Å². The van der Waals surface area contributed by atoms with Gasteiger partial charge in [-0.1, -0.05) is 0 Å². The largest absolute Gasteiger partial charge is 0.469 e. The molecule has 132 valence electrons. The first-order chi connectivity index (χ1) is 11.2. The Kier molecular flexibility index (Phi) is 4.21. The number of fused-ring (bicyclic) bond motifs is 1. The number of rotatable bonds is 4. The molecule has 1 aliphatic rings. The van der Waals surface area contributed by atoms with Gasteiger partial charge in [-0.3, -0.25) is 14.3 Å². The van der Waals surface area contributed by atoms with E-state index in [9.17, 15) is 19.6 Å². The Morgan fingerprint density at radius 3 is 2.71 bits per heavy atom. The van der Waals surface area contributed by atoms with Crippen molar-refractivity contribution in [3.63, 3.8) is 0 Å². The number of aromatic amines is 2.